The molecule has 1 saturated heterocycles. The maximum atomic E-state index is 12.1. The Hall–Kier alpha value is -1.76. The summed E-state index contributed by atoms with van der Waals surface area (Å²) < 4.78 is 31.8. The van der Waals surface area contributed by atoms with Gasteiger partial charge in [0.05, 0.1) is 23.7 Å². The van der Waals surface area contributed by atoms with E-state index in [0.717, 1.165) is 12.8 Å². The molecular formula is C15H22N2O4S. The Morgan fingerprint density at radius 1 is 1.27 bits per heavy atom. The molecule has 0 atom stereocenters. The molecule has 0 unspecified atom stereocenters. The number of carbonyl (C=O) groups excluding carboxylic acids is 1. The molecule has 2 rings (SSSR count). The first-order chi connectivity index (χ1) is 10.3. The third-order valence-corrected chi connectivity index (χ3v) is 5.44. The number of methoxy groups -OCH3 is 1. The van der Waals surface area contributed by atoms with E-state index in [1.165, 1.54) is 7.11 Å². The number of rotatable bonds is 5. The van der Waals surface area contributed by atoms with Gasteiger partial charge >= 0.3 is 0 Å². The number of sulfonamides is 1. The van der Waals surface area contributed by atoms with Crippen LogP contribution in [0.2, 0.25) is 0 Å². The Bertz CT molecular complexity index is 656. The van der Waals surface area contributed by atoms with Crippen LogP contribution in [0.3, 0.4) is 0 Å². The maximum absolute atomic E-state index is 12.1. The third-order valence-electron chi connectivity index (χ3n) is 3.67. The first-order valence-corrected chi connectivity index (χ1v) is 8.90. The number of nitrogens with one attached hydrogen (secondary N) is 1. The van der Waals surface area contributed by atoms with Gasteiger partial charge in [-0.15, -0.1) is 0 Å². The molecule has 1 fully saturated rings. The van der Waals surface area contributed by atoms with Crippen LogP contribution >= 0.6 is 0 Å². The molecule has 0 bridgehead atoms. The molecule has 0 aromatic heterocycles. The van der Waals surface area contributed by atoms with E-state index in [4.69, 9.17) is 4.74 Å². The Morgan fingerprint density at radius 3 is 2.59 bits per heavy atom. The zero-order valence-corrected chi connectivity index (χ0v) is 13.9. The highest BCUT2D eigenvalue weighted by Crippen LogP contribution is 2.34. The summed E-state index contributed by atoms with van der Waals surface area (Å²) >= 11 is 0. The summed E-state index contributed by atoms with van der Waals surface area (Å²) in [5.74, 6) is 0.594. The summed E-state index contributed by atoms with van der Waals surface area (Å²) in [6.07, 6.45) is 2.32. The van der Waals surface area contributed by atoms with Gasteiger partial charge in [0, 0.05) is 13.0 Å². The smallest absolute Gasteiger partial charge is 0.235 e. The molecule has 6 nitrogen and oxygen atoms in total. The summed E-state index contributed by atoms with van der Waals surface area (Å²) in [6, 6.07) is 4.97. The molecule has 22 heavy (non-hydrogen) atoms. The van der Waals surface area contributed by atoms with Crippen molar-refractivity contribution in [3.05, 3.63) is 18.2 Å². The third kappa shape index (κ3) is 3.52. The molecule has 1 aliphatic heterocycles. The van der Waals surface area contributed by atoms with Gasteiger partial charge in [0.15, 0.2) is 0 Å². The SMILES string of the molecule is COc1ccc(NS(=O)(=O)C(C)C)cc1N1CCCCC1=O. The fourth-order valence-corrected chi connectivity index (χ4v) is 3.00. The van der Waals surface area contributed by atoms with Crippen molar-refractivity contribution < 1.29 is 17.9 Å². The zero-order chi connectivity index (χ0) is 16.3. The van der Waals surface area contributed by atoms with E-state index in [1.54, 1.807) is 36.9 Å². The molecule has 1 N–H and O–H groups in total. The normalized spacial score (nSPS) is 16.0. The van der Waals surface area contributed by atoms with Crippen LogP contribution in [0.25, 0.3) is 0 Å². The first-order valence-electron chi connectivity index (χ1n) is 7.35. The monoisotopic (exact) mass is 326 g/mol. The van der Waals surface area contributed by atoms with Crippen LogP contribution in [0.5, 0.6) is 5.75 Å². The minimum absolute atomic E-state index is 0.0356. The summed E-state index contributed by atoms with van der Waals surface area (Å²) in [7, 11) is -1.89. The number of benzene rings is 1. The maximum Gasteiger partial charge on any atom is 0.235 e. The van der Waals surface area contributed by atoms with Gasteiger partial charge in [-0.05, 0) is 44.9 Å². The van der Waals surface area contributed by atoms with Crippen LogP contribution in [0.15, 0.2) is 18.2 Å². The number of nitrogens with zero attached hydrogens (tertiary/aromatic N) is 1. The number of hydrogen-bond donors (Lipinski definition) is 1. The predicted molar refractivity (Wildman–Crippen MR) is 86.9 cm³/mol. The number of anilines is 2. The van der Waals surface area contributed by atoms with E-state index in [9.17, 15) is 13.2 Å². The molecule has 0 aliphatic carbocycles. The van der Waals surface area contributed by atoms with Crippen molar-refractivity contribution >= 4 is 27.3 Å². The minimum atomic E-state index is -3.43. The average Bonchev–Trinajstić information content (AvgIpc) is 2.47. The highest BCUT2D eigenvalue weighted by atomic mass is 32.2. The van der Waals surface area contributed by atoms with Gasteiger partial charge in [-0.25, -0.2) is 8.42 Å². The van der Waals surface area contributed by atoms with Gasteiger partial charge in [0.1, 0.15) is 5.75 Å². The zero-order valence-electron chi connectivity index (χ0n) is 13.1. The molecule has 1 heterocycles. The van der Waals surface area contributed by atoms with Crippen molar-refractivity contribution in [3.8, 4) is 5.75 Å². The lowest BCUT2D eigenvalue weighted by atomic mass is 10.1. The lowest BCUT2D eigenvalue weighted by Gasteiger charge is -2.28. The van der Waals surface area contributed by atoms with Gasteiger partial charge < -0.3 is 9.64 Å². The number of ether oxygens (including phenoxy) is 1. The summed E-state index contributed by atoms with van der Waals surface area (Å²) in [6.45, 7) is 3.84. The van der Waals surface area contributed by atoms with Crippen LogP contribution in [-0.2, 0) is 14.8 Å². The molecule has 0 radical (unpaired) electrons. The average molecular weight is 326 g/mol. The van der Waals surface area contributed by atoms with Crippen LogP contribution in [-0.4, -0.2) is 33.2 Å². The second-order valence-corrected chi connectivity index (χ2v) is 7.82. The van der Waals surface area contributed by atoms with Gasteiger partial charge in [0.2, 0.25) is 15.9 Å². The molecule has 1 aromatic rings. The minimum Gasteiger partial charge on any atom is -0.495 e. The molecule has 1 aliphatic rings. The van der Waals surface area contributed by atoms with Crippen molar-refractivity contribution in [2.24, 2.45) is 0 Å². The fourth-order valence-electron chi connectivity index (χ4n) is 2.31. The van der Waals surface area contributed by atoms with Crippen molar-refractivity contribution in [1.82, 2.24) is 0 Å². The highest BCUT2D eigenvalue weighted by Gasteiger charge is 2.24. The van der Waals surface area contributed by atoms with E-state index in [0.29, 0.717) is 30.1 Å². The van der Waals surface area contributed by atoms with Gasteiger partial charge in [-0.2, -0.15) is 0 Å². The Morgan fingerprint density at radius 2 is 2.00 bits per heavy atom. The summed E-state index contributed by atoms with van der Waals surface area (Å²) in [5.41, 5.74) is 1.04. The quantitative estimate of drug-likeness (QED) is 0.901. The van der Waals surface area contributed by atoms with E-state index in [1.807, 2.05) is 0 Å². The number of hydrogen-bond acceptors (Lipinski definition) is 4. The largest absolute Gasteiger partial charge is 0.495 e. The van der Waals surface area contributed by atoms with Crippen molar-refractivity contribution in [3.63, 3.8) is 0 Å². The molecule has 0 saturated carbocycles. The highest BCUT2D eigenvalue weighted by molar-refractivity contribution is 7.93. The van der Waals surface area contributed by atoms with Crippen molar-refractivity contribution in [1.29, 1.82) is 0 Å². The van der Waals surface area contributed by atoms with Crippen LogP contribution in [0.1, 0.15) is 33.1 Å². The van der Waals surface area contributed by atoms with Crippen molar-refractivity contribution in [2.75, 3.05) is 23.3 Å². The topological polar surface area (TPSA) is 75.7 Å². The molecule has 1 amide bonds. The van der Waals surface area contributed by atoms with Gasteiger partial charge in [0.25, 0.3) is 0 Å². The Balaban J connectivity index is 2.36. The van der Waals surface area contributed by atoms with Crippen LogP contribution in [0, 0.1) is 0 Å². The van der Waals surface area contributed by atoms with Crippen molar-refractivity contribution in [2.45, 2.75) is 38.4 Å². The number of piperidine rings is 1. The van der Waals surface area contributed by atoms with Gasteiger partial charge in [-0.3, -0.25) is 9.52 Å². The molecule has 0 spiro atoms. The predicted octanol–water partition coefficient (Wildman–Crippen LogP) is 2.36. The summed E-state index contributed by atoms with van der Waals surface area (Å²) in [5, 5.41) is -0.533. The van der Waals surface area contributed by atoms with Crippen LogP contribution in [0.4, 0.5) is 11.4 Å². The fraction of sp³-hybridized carbons (Fsp3) is 0.533. The van der Waals surface area contributed by atoms with E-state index < -0.39 is 15.3 Å². The molecule has 7 heteroatoms. The first kappa shape index (κ1) is 16.6. The standard InChI is InChI=1S/C15H22N2O4S/c1-11(2)22(19,20)16-12-7-8-14(21-3)13(10-12)17-9-5-4-6-15(17)18/h7-8,10-11,16H,4-6,9H2,1-3H3. The van der Waals surface area contributed by atoms with Crippen LogP contribution < -0.4 is 14.4 Å². The second-order valence-electron chi connectivity index (χ2n) is 5.58. The Labute approximate surface area is 131 Å². The second kappa shape index (κ2) is 6.56. The molecule has 1 aromatic carbocycles. The molecule has 122 valence electrons. The van der Waals surface area contributed by atoms with E-state index in [2.05, 4.69) is 4.72 Å². The number of amides is 1. The lowest BCUT2D eigenvalue weighted by molar-refractivity contribution is -0.119. The summed E-state index contributed by atoms with van der Waals surface area (Å²) in [4.78, 5) is 13.8. The molecular weight excluding hydrogens is 304 g/mol. The lowest BCUT2D eigenvalue weighted by Crippen LogP contribution is -2.35. The number of carbonyl (C=O) groups is 1. The van der Waals surface area contributed by atoms with Gasteiger partial charge in [-0.1, -0.05) is 0 Å². The van der Waals surface area contributed by atoms with E-state index >= 15 is 0 Å². The van der Waals surface area contributed by atoms with E-state index in [-0.39, 0.29) is 5.91 Å². The Kier molecular flexibility index (Phi) is 4.95.